The van der Waals surface area contributed by atoms with Crippen LogP contribution in [0.4, 0.5) is 0 Å². The van der Waals surface area contributed by atoms with E-state index in [2.05, 4.69) is 73.7 Å². The minimum atomic E-state index is 1.31. The Morgan fingerprint density at radius 2 is 1.05 bits per heavy atom. The van der Waals surface area contributed by atoms with Gasteiger partial charge in [-0.3, -0.25) is 0 Å². The van der Waals surface area contributed by atoms with Crippen LogP contribution in [0.2, 0.25) is 0 Å². The first-order valence-corrected chi connectivity index (χ1v) is 6.99. The van der Waals surface area contributed by atoms with E-state index in [9.17, 15) is 0 Å². The predicted octanol–water partition coefficient (Wildman–Crippen LogP) is 2.85. The lowest BCUT2D eigenvalue weighted by molar-refractivity contribution is -0.645. The van der Waals surface area contributed by atoms with Gasteiger partial charge >= 0.3 is 0 Å². The molecule has 2 heteroatoms. The SMILES string of the molecule is Cc1cc2c[n+](C)c3cc(C)cc4c[n+](C)c(c1)c2c43. The highest BCUT2D eigenvalue weighted by molar-refractivity contribution is 6.18. The fourth-order valence-electron chi connectivity index (χ4n) is 3.45. The number of rotatable bonds is 0. The van der Waals surface area contributed by atoms with Crippen molar-refractivity contribution in [3.8, 4) is 0 Å². The number of hydrogen-bond donors (Lipinski definition) is 0. The van der Waals surface area contributed by atoms with E-state index in [1.54, 1.807) is 0 Å². The lowest BCUT2D eigenvalue weighted by Crippen LogP contribution is -2.32. The maximum absolute atomic E-state index is 2.28. The molecule has 0 bridgehead atoms. The van der Waals surface area contributed by atoms with Crippen molar-refractivity contribution < 1.29 is 9.13 Å². The van der Waals surface area contributed by atoms with Gasteiger partial charge in [0, 0.05) is 12.1 Å². The zero-order chi connectivity index (χ0) is 14.0. The van der Waals surface area contributed by atoms with Gasteiger partial charge in [0.15, 0.2) is 12.4 Å². The molecule has 20 heavy (non-hydrogen) atoms. The van der Waals surface area contributed by atoms with Crippen LogP contribution in [0.25, 0.3) is 32.6 Å². The highest BCUT2D eigenvalue weighted by atomic mass is 14.9. The molecule has 0 aliphatic carbocycles. The average Bonchev–Trinajstić information content (AvgIpc) is 2.37. The van der Waals surface area contributed by atoms with E-state index in [0.29, 0.717) is 0 Å². The standard InChI is InChI=1S/C18H18N2/c1-11-5-13-9-20(4)16-8-12(2)6-14-10-19(3)15(7-11)17(13)18(14)16/h5-10H,1-4H3/q+2. The molecular formula is C18H18N2+2. The number of hydrogen-bond acceptors (Lipinski definition) is 0. The Morgan fingerprint density at radius 3 is 1.45 bits per heavy atom. The average molecular weight is 262 g/mol. The molecule has 0 aliphatic heterocycles. The molecule has 4 aromatic rings. The fourth-order valence-corrected chi connectivity index (χ4v) is 3.45. The first-order chi connectivity index (χ1) is 9.54. The number of pyridine rings is 2. The summed E-state index contributed by atoms with van der Waals surface area (Å²) in [5.74, 6) is 0. The molecule has 0 saturated heterocycles. The second-order valence-corrected chi connectivity index (χ2v) is 5.98. The van der Waals surface area contributed by atoms with Crippen molar-refractivity contribution in [3.05, 3.63) is 47.8 Å². The summed E-state index contributed by atoms with van der Waals surface area (Å²) in [6.07, 6.45) is 4.49. The van der Waals surface area contributed by atoms with Crippen LogP contribution in [0.5, 0.6) is 0 Å². The smallest absolute Gasteiger partial charge is 0.200 e. The monoisotopic (exact) mass is 262 g/mol. The van der Waals surface area contributed by atoms with Gasteiger partial charge in [-0.05, 0) is 37.1 Å². The van der Waals surface area contributed by atoms with E-state index in [0.717, 1.165) is 0 Å². The molecule has 98 valence electrons. The molecule has 0 unspecified atom stereocenters. The lowest BCUT2D eigenvalue weighted by atomic mass is 9.98. The summed E-state index contributed by atoms with van der Waals surface area (Å²) in [6, 6.07) is 9.12. The van der Waals surface area contributed by atoms with Crippen molar-refractivity contribution in [3.63, 3.8) is 0 Å². The molecule has 2 aromatic carbocycles. The van der Waals surface area contributed by atoms with E-state index >= 15 is 0 Å². The minimum absolute atomic E-state index is 1.31. The van der Waals surface area contributed by atoms with Crippen LogP contribution >= 0.6 is 0 Å². The molecule has 2 nitrogen and oxygen atoms in total. The van der Waals surface area contributed by atoms with Gasteiger partial charge in [0.1, 0.15) is 14.1 Å². The van der Waals surface area contributed by atoms with E-state index < -0.39 is 0 Å². The largest absolute Gasteiger partial charge is 0.214 e. The molecule has 0 atom stereocenters. The second kappa shape index (κ2) is 3.66. The second-order valence-electron chi connectivity index (χ2n) is 5.98. The first-order valence-electron chi connectivity index (χ1n) is 6.99. The van der Waals surface area contributed by atoms with Crippen LogP contribution in [0.15, 0.2) is 36.7 Å². The van der Waals surface area contributed by atoms with Crippen LogP contribution in [-0.2, 0) is 14.1 Å². The molecule has 0 amide bonds. The van der Waals surface area contributed by atoms with Crippen molar-refractivity contribution in [2.75, 3.05) is 0 Å². The number of benzene rings is 2. The summed E-state index contributed by atoms with van der Waals surface area (Å²) in [7, 11) is 4.27. The minimum Gasteiger partial charge on any atom is -0.200 e. The summed E-state index contributed by atoms with van der Waals surface area (Å²) in [5.41, 5.74) is 5.23. The molecule has 4 rings (SSSR count). The number of aromatic nitrogens is 2. The molecular weight excluding hydrogens is 244 g/mol. The van der Waals surface area contributed by atoms with Gasteiger partial charge in [-0.15, -0.1) is 0 Å². The summed E-state index contributed by atoms with van der Waals surface area (Å²) in [4.78, 5) is 0. The zero-order valence-corrected chi connectivity index (χ0v) is 12.4. The first kappa shape index (κ1) is 11.6. The van der Waals surface area contributed by atoms with Crippen molar-refractivity contribution >= 4 is 32.6 Å². The summed E-state index contributed by atoms with van der Waals surface area (Å²) < 4.78 is 4.49. The summed E-state index contributed by atoms with van der Waals surface area (Å²) in [6.45, 7) is 4.33. The molecule has 0 spiro atoms. The van der Waals surface area contributed by atoms with E-state index in [-0.39, 0.29) is 0 Å². The Morgan fingerprint density at radius 1 is 0.650 bits per heavy atom. The normalized spacial score (nSPS) is 12.0. The Kier molecular flexibility index (Phi) is 2.12. The van der Waals surface area contributed by atoms with E-state index in [1.165, 1.54) is 43.7 Å². The van der Waals surface area contributed by atoms with Crippen LogP contribution in [0.3, 0.4) is 0 Å². The highest BCUT2D eigenvalue weighted by Crippen LogP contribution is 2.31. The van der Waals surface area contributed by atoms with Gasteiger partial charge in [0.25, 0.3) is 0 Å². The molecule has 0 fully saturated rings. The third-order valence-corrected chi connectivity index (χ3v) is 4.26. The van der Waals surface area contributed by atoms with Gasteiger partial charge in [-0.2, -0.15) is 0 Å². The quantitative estimate of drug-likeness (QED) is 0.340. The van der Waals surface area contributed by atoms with Gasteiger partial charge < -0.3 is 0 Å². The van der Waals surface area contributed by atoms with Gasteiger partial charge in [0.05, 0.1) is 21.5 Å². The van der Waals surface area contributed by atoms with Crippen molar-refractivity contribution in [2.24, 2.45) is 14.1 Å². The van der Waals surface area contributed by atoms with Crippen molar-refractivity contribution in [1.82, 2.24) is 0 Å². The zero-order valence-electron chi connectivity index (χ0n) is 12.4. The maximum Gasteiger partial charge on any atom is 0.214 e. The molecule has 0 saturated carbocycles. The molecule has 0 radical (unpaired) electrons. The molecule has 2 heterocycles. The Balaban J connectivity index is 2.45. The summed E-state index contributed by atoms with van der Waals surface area (Å²) in [5, 5.41) is 5.40. The third kappa shape index (κ3) is 1.39. The van der Waals surface area contributed by atoms with Gasteiger partial charge in [-0.25, -0.2) is 9.13 Å². The lowest BCUT2D eigenvalue weighted by Gasteiger charge is -2.09. The topological polar surface area (TPSA) is 7.76 Å². The van der Waals surface area contributed by atoms with Crippen LogP contribution in [0.1, 0.15) is 11.1 Å². The van der Waals surface area contributed by atoms with Crippen molar-refractivity contribution in [2.45, 2.75) is 13.8 Å². The van der Waals surface area contributed by atoms with Crippen LogP contribution < -0.4 is 9.13 Å². The van der Waals surface area contributed by atoms with Crippen molar-refractivity contribution in [1.29, 1.82) is 0 Å². The Labute approximate surface area is 118 Å². The fraction of sp³-hybridized carbons (Fsp3) is 0.222. The maximum atomic E-state index is 2.28. The Hall–Kier alpha value is -2.22. The number of nitrogens with zero attached hydrogens (tertiary/aromatic N) is 2. The van der Waals surface area contributed by atoms with Crippen LogP contribution in [0, 0.1) is 13.8 Å². The Bertz CT molecular complexity index is 902. The van der Waals surface area contributed by atoms with E-state index in [4.69, 9.17) is 0 Å². The van der Waals surface area contributed by atoms with Crippen LogP contribution in [-0.4, -0.2) is 0 Å². The predicted molar refractivity (Wildman–Crippen MR) is 82.0 cm³/mol. The molecule has 0 aliphatic rings. The third-order valence-electron chi connectivity index (χ3n) is 4.26. The highest BCUT2D eigenvalue weighted by Gasteiger charge is 2.21. The van der Waals surface area contributed by atoms with Gasteiger partial charge in [0.2, 0.25) is 11.0 Å². The van der Waals surface area contributed by atoms with Gasteiger partial charge in [-0.1, -0.05) is 0 Å². The molecule has 0 N–H and O–H groups in total. The summed E-state index contributed by atoms with van der Waals surface area (Å²) >= 11 is 0. The number of aryl methyl sites for hydroxylation is 4. The van der Waals surface area contributed by atoms with E-state index in [1.807, 2.05) is 0 Å². The molecule has 2 aromatic heterocycles.